The van der Waals surface area contributed by atoms with Crippen LogP contribution in [0, 0.1) is 13.8 Å². The molecule has 0 aliphatic heterocycles. The minimum Gasteiger partial charge on any atom is -0.307 e. The van der Waals surface area contributed by atoms with Gasteiger partial charge in [-0.25, -0.2) is 0 Å². The van der Waals surface area contributed by atoms with E-state index in [0.717, 1.165) is 15.9 Å². The summed E-state index contributed by atoms with van der Waals surface area (Å²) in [5.74, 6) is 0.376. The lowest BCUT2D eigenvalue weighted by Crippen LogP contribution is -2.25. The van der Waals surface area contributed by atoms with Gasteiger partial charge in [0.25, 0.3) is 0 Å². The van der Waals surface area contributed by atoms with E-state index in [-0.39, 0.29) is 5.91 Å². The Hall–Kier alpha value is -2.93. The van der Waals surface area contributed by atoms with Crippen LogP contribution < -0.4 is 5.32 Å². The predicted octanol–water partition coefficient (Wildman–Crippen LogP) is 4.86. The largest absolute Gasteiger partial charge is 0.307 e. The molecule has 1 N–H and O–H groups in total. The number of carbonyl (C=O) groups is 1. The van der Waals surface area contributed by atoms with E-state index in [1.807, 2.05) is 49.8 Å². The number of hydrogen-bond donors (Lipinski definition) is 1. The number of carbonyl (C=O) groups excluding carboxylic acids is 1. The maximum atomic E-state index is 12.7. The SMILES string of the molecule is Cc1nn(C(C)C(=O)Nc2ccn(Cc3cccc4ccccc34)n2)c(C)c1Br. The molecule has 2 aromatic carbocycles. The summed E-state index contributed by atoms with van der Waals surface area (Å²) in [5, 5.41) is 14.3. The minimum atomic E-state index is -0.441. The summed E-state index contributed by atoms with van der Waals surface area (Å²) < 4.78 is 4.49. The Balaban J connectivity index is 1.49. The molecule has 0 aliphatic rings. The van der Waals surface area contributed by atoms with Crippen molar-refractivity contribution in [1.29, 1.82) is 0 Å². The summed E-state index contributed by atoms with van der Waals surface area (Å²) >= 11 is 3.51. The zero-order valence-electron chi connectivity index (χ0n) is 16.6. The Kier molecular flexibility index (Phi) is 5.24. The van der Waals surface area contributed by atoms with Gasteiger partial charge in [-0.3, -0.25) is 14.2 Å². The number of fused-ring (bicyclic) bond motifs is 1. The topological polar surface area (TPSA) is 64.7 Å². The molecular weight excluding hydrogens is 430 g/mol. The van der Waals surface area contributed by atoms with E-state index in [0.29, 0.717) is 12.4 Å². The molecule has 0 bridgehead atoms. The Morgan fingerprint density at radius 2 is 1.86 bits per heavy atom. The number of benzene rings is 2. The molecule has 0 saturated carbocycles. The van der Waals surface area contributed by atoms with E-state index in [1.54, 1.807) is 4.68 Å². The molecule has 0 radical (unpaired) electrons. The van der Waals surface area contributed by atoms with Gasteiger partial charge in [0.05, 0.1) is 22.4 Å². The van der Waals surface area contributed by atoms with Crippen LogP contribution in [0.5, 0.6) is 0 Å². The number of anilines is 1. The molecule has 148 valence electrons. The van der Waals surface area contributed by atoms with Crippen molar-refractivity contribution in [3.8, 4) is 0 Å². The van der Waals surface area contributed by atoms with Gasteiger partial charge in [0.1, 0.15) is 6.04 Å². The Morgan fingerprint density at radius 1 is 1.10 bits per heavy atom. The molecule has 4 aromatic rings. The number of nitrogens with one attached hydrogen (secondary N) is 1. The molecule has 2 heterocycles. The molecule has 0 fully saturated rings. The first-order chi connectivity index (χ1) is 13.9. The summed E-state index contributed by atoms with van der Waals surface area (Å²) in [6.45, 7) is 6.31. The van der Waals surface area contributed by atoms with Gasteiger partial charge in [-0.1, -0.05) is 42.5 Å². The third-order valence-corrected chi connectivity index (χ3v) is 6.23. The third-order valence-electron chi connectivity index (χ3n) is 5.09. The molecule has 6 nitrogen and oxygen atoms in total. The second kappa shape index (κ2) is 7.83. The lowest BCUT2D eigenvalue weighted by Gasteiger charge is -2.13. The number of rotatable bonds is 5. The van der Waals surface area contributed by atoms with E-state index in [9.17, 15) is 4.79 Å². The third kappa shape index (κ3) is 3.82. The summed E-state index contributed by atoms with van der Waals surface area (Å²) in [5.41, 5.74) is 2.97. The van der Waals surface area contributed by atoms with E-state index in [4.69, 9.17) is 0 Å². The van der Waals surface area contributed by atoms with Crippen molar-refractivity contribution < 1.29 is 4.79 Å². The van der Waals surface area contributed by atoms with Gasteiger partial charge in [0.2, 0.25) is 5.91 Å². The van der Waals surface area contributed by atoms with Crippen LogP contribution in [0.1, 0.15) is 29.9 Å². The maximum absolute atomic E-state index is 12.7. The van der Waals surface area contributed by atoms with Crippen molar-refractivity contribution >= 4 is 38.4 Å². The summed E-state index contributed by atoms with van der Waals surface area (Å²) in [4.78, 5) is 12.7. The van der Waals surface area contributed by atoms with E-state index < -0.39 is 6.04 Å². The van der Waals surface area contributed by atoms with E-state index in [1.165, 1.54) is 16.3 Å². The standard InChI is InChI=1S/C22H22BrN5O/c1-14-21(23)15(2)28(25-14)16(3)22(29)24-20-11-12-27(26-20)13-18-9-6-8-17-7-4-5-10-19(17)18/h4-12,16H,13H2,1-3H3,(H,24,26,29). The van der Waals surface area contributed by atoms with Gasteiger partial charge in [0.15, 0.2) is 5.82 Å². The first-order valence-electron chi connectivity index (χ1n) is 9.46. The van der Waals surface area contributed by atoms with Gasteiger partial charge in [-0.15, -0.1) is 0 Å². The fourth-order valence-corrected chi connectivity index (χ4v) is 3.74. The fraction of sp³-hybridized carbons (Fsp3) is 0.227. The van der Waals surface area contributed by atoms with Crippen molar-refractivity contribution in [3.63, 3.8) is 0 Å². The van der Waals surface area contributed by atoms with Crippen LogP contribution in [-0.4, -0.2) is 25.5 Å². The van der Waals surface area contributed by atoms with Crippen LogP contribution in [0.3, 0.4) is 0 Å². The van der Waals surface area contributed by atoms with Crippen molar-refractivity contribution in [2.45, 2.75) is 33.4 Å². The van der Waals surface area contributed by atoms with Gasteiger partial charge in [0, 0.05) is 12.3 Å². The van der Waals surface area contributed by atoms with Crippen LogP contribution >= 0.6 is 15.9 Å². The molecular formula is C22H22BrN5O. The Morgan fingerprint density at radius 3 is 2.62 bits per heavy atom. The molecule has 2 aromatic heterocycles. The Bertz CT molecular complexity index is 1190. The molecule has 1 unspecified atom stereocenters. The van der Waals surface area contributed by atoms with Crippen molar-refractivity contribution in [2.75, 3.05) is 5.32 Å². The average molecular weight is 452 g/mol. The van der Waals surface area contributed by atoms with Gasteiger partial charge >= 0.3 is 0 Å². The molecule has 4 rings (SSSR count). The molecule has 0 saturated heterocycles. The summed E-state index contributed by atoms with van der Waals surface area (Å²) in [7, 11) is 0. The molecule has 7 heteroatoms. The smallest absolute Gasteiger partial charge is 0.250 e. The fourth-order valence-electron chi connectivity index (χ4n) is 3.48. The van der Waals surface area contributed by atoms with Crippen molar-refractivity contribution in [2.24, 2.45) is 0 Å². The van der Waals surface area contributed by atoms with E-state index >= 15 is 0 Å². The van der Waals surface area contributed by atoms with Crippen LogP contribution in [0.4, 0.5) is 5.82 Å². The van der Waals surface area contributed by atoms with Gasteiger partial charge < -0.3 is 5.32 Å². The van der Waals surface area contributed by atoms with Crippen LogP contribution in [-0.2, 0) is 11.3 Å². The van der Waals surface area contributed by atoms with Crippen LogP contribution in [0.25, 0.3) is 10.8 Å². The maximum Gasteiger partial charge on any atom is 0.250 e. The molecule has 1 amide bonds. The first-order valence-corrected chi connectivity index (χ1v) is 10.3. The van der Waals surface area contributed by atoms with Gasteiger partial charge in [-0.2, -0.15) is 10.2 Å². The van der Waals surface area contributed by atoms with Crippen molar-refractivity contribution in [3.05, 3.63) is 76.2 Å². The normalized spacial score (nSPS) is 12.3. The highest BCUT2D eigenvalue weighted by Crippen LogP contribution is 2.23. The predicted molar refractivity (Wildman–Crippen MR) is 118 cm³/mol. The summed E-state index contributed by atoms with van der Waals surface area (Å²) in [6, 6.07) is 15.9. The number of amides is 1. The highest BCUT2D eigenvalue weighted by Gasteiger charge is 2.21. The van der Waals surface area contributed by atoms with Crippen molar-refractivity contribution in [1.82, 2.24) is 19.6 Å². The van der Waals surface area contributed by atoms with Crippen LogP contribution in [0.2, 0.25) is 0 Å². The highest BCUT2D eigenvalue weighted by atomic mass is 79.9. The minimum absolute atomic E-state index is 0.154. The average Bonchev–Trinajstić information content (AvgIpc) is 3.27. The van der Waals surface area contributed by atoms with Gasteiger partial charge in [-0.05, 0) is 53.0 Å². The second-order valence-electron chi connectivity index (χ2n) is 7.13. The Labute approximate surface area is 177 Å². The zero-order chi connectivity index (χ0) is 20.5. The lowest BCUT2D eigenvalue weighted by molar-refractivity contribution is -0.119. The number of aryl methyl sites for hydroxylation is 1. The number of aromatic nitrogens is 4. The lowest BCUT2D eigenvalue weighted by atomic mass is 10.0. The zero-order valence-corrected chi connectivity index (χ0v) is 18.1. The molecule has 1 atom stereocenters. The molecule has 29 heavy (non-hydrogen) atoms. The number of nitrogens with zero attached hydrogens (tertiary/aromatic N) is 4. The molecule has 0 aliphatic carbocycles. The summed E-state index contributed by atoms with van der Waals surface area (Å²) in [6.07, 6.45) is 1.88. The highest BCUT2D eigenvalue weighted by molar-refractivity contribution is 9.10. The number of hydrogen-bond acceptors (Lipinski definition) is 3. The van der Waals surface area contributed by atoms with E-state index in [2.05, 4.69) is 61.8 Å². The quantitative estimate of drug-likeness (QED) is 0.471. The molecule has 0 spiro atoms. The monoisotopic (exact) mass is 451 g/mol. The first kappa shape index (κ1) is 19.4. The number of halogens is 1. The second-order valence-corrected chi connectivity index (χ2v) is 7.92. The van der Waals surface area contributed by atoms with Crippen LogP contribution in [0.15, 0.2) is 59.2 Å².